The van der Waals surface area contributed by atoms with E-state index in [-0.39, 0.29) is 23.3 Å². The summed E-state index contributed by atoms with van der Waals surface area (Å²) in [5, 5.41) is 0. The van der Waals surface area contributed by atoms with Crippen LogP contribution in [0.25, 0.3) is 0 Å². The van der Waals surface area contributed by atoms with Gasteiger partial charge in [-0.3, -0.25) is 14.5 Å². The standard InChI is InChI=1S/C11H19NO2/c1-5-8-7-11(3,4)10(14)12(8)9(13)6-2/h8H,5-7H2,1-4H3/t8-/m1/s1. The van der Waals surface area contributed by atoms with Gasteiger partial charge in [0, 0.05) is 17.9 Å². The molecule has 0 aromatic heterocycles. The minimum atomic E-state index is -0.356. The summed E-state index contributed by atoms with van der Waals surface area (Å²) in [6, 6.07) is 0.116. The number of amides is 2. The monoisotopic (exact) mass is 197 g/mol. The minimum absolute atomic E-state index is 0.00352. The predicted octanol–water partition coefficient (Wildman–Crippen LogP) is 1.96. The van der Waals surface area contributed by atoms with Crippen LogP contribution < -0.4 is 0 Å². The zero-order valence-electron chi connectivity index (χ0n) is 9.46. The van der Waals surface area contributed by atoms with E-state index in [0.29, 0.717) is 6.42 Å². The molecule has 0 aromatic rings. The molecular formula is C11H19NO2. The van der Waals surface area contributed by atoms with E-state index in [4.69, 9.17) is 0 Å². The molecule has 2 amide bonds. The zero-order chi connectivity index (χ0) is 10.9. The van der Waals surface area contributed by atoms with Gasteiger partial charge < -0.3 is 0 Å². The van der Waals surface area contributed by atoms with Crippen LogP contribution in [0.1, 0.15) is 47.0 Å². The number of nitrogens with zero attached hydrogens (tertiary/aromatic N) is 1. The molecule has 1 rings (SSSR count). The Balaban J connectivity index is 2.92. The molecule has 1 aliphatic rings. The van der Waals surface area contributed by atoms with Crippen molar-refractivity contribution in [2.24, 2.45) is 5.41 Å². The summed E-state index contributed by atoms with van der Waals surface area (Å²) in [4.78, 5) is 25.0. The van der Waals surface area contributed by atoms with Crippen molar-refractivity contribution in [3.8, 4) is 0 Å². The first-order valence-corrected chi connectivity index (χ1v) is 5.30. The van der Waals surface area contributed by atoms with Gasteiger partial charge in [-0.25, -0.2) is 0 Å². The molecule has 0 bridgehead atoms. The van der Waals surface area contributed by atoms with Crippen molar-refractivity contribution < 1.29 is 9.59 Å². The molecular weight excluding hydrogens is 178 g/mol. The fraction of sp³-hybridized carbons (Fsp3) is 0.818. The van der Waals surface area contributed by atoms with Gasteiger partial charge in [0.25, 0.3) is 0 Å². The Labute approximate surface area is 85.5 Å². The Hall–Kier alpha value is -0.860. The third-order valence-electron chi connectivity index (χ3n) is 2.95. The third kappa shape index (κ3) is 1.68. The second kappa shape index (κ2) is 3.71. The van der Waals surface area contributed by atoms with E-state index >= 15 is 0 Å². The molecule has 0 saturated carbocycles. The number of carbonyl (C=O) groups is 2. The number of hydrogen-bond acceptors (Lipinski definition) is 2. The van der Waals surface area contributed by atoms with Crippen LogP contribution >= 0.6 is 0 Å². The maximum atomic E-state index is 11.9. The van der Waals surface area contributed by atoms with Crippen molar-refractivity contribution in [1.29, 1.82) is 0 Å². The lowest BCUT2D eigenvalue weighted by molar-refractivity contribution is -0.146. The van der Waals surface area contributed by atoms with E-state index in [0.717, 1.165) is 12.8 Å². The molecule has 3 heteroatoms. The molecule has 1 atom stereocenters. The molecule has 0 spiro atoms. The average Bonchev–Trinajstić information content (AvgIpc) is 2.37. The first kappa shape index (κ1) is 11.2. The van der Waals surface area contributed by atoms with Gasteiger partial charge >= 0.3 is 0 Å². The summed E-state index contributed by atoms with van der Waals surface area (Å²) in [6.07, 6.45) is 2.08. The summed E-state index contributed by atoms with van der Waals surface area (Å²) >= 11 is 0. The van der Waals surface area contributed by atoms with Crippen LogP contribution in [0, 0.1) is 5.41 Å². The van der Waals surface area contributed by atoms with Gasteiger partial charge in [-0.15, -0.1) is 0 Å². The van der Waals surface area contributed by atoms with Crippen LogP contribution in [0.2, 0.25) is 0 Å². The summed E-state index contributed by atoms with van der Waals surface area (Å²) in [5.74, 6) is -0.0383. The third-order valence-corrected chi connectivity index (χ3v) is 2.95. The van der Waals surface area contributed by atoms with E-state index in [2.05, 4.69) is 0 Å². The molecule has 0 aromatic carbocycles. The first-order valence-electron chi connectivity index (χ1n) is 5.30. The quantitative estimate of drug-likeness (QED) is 0.678. The highest BCUT2D eigenvalue weighted by Crippen LogP contribution is 2.36. The second-order valence-electron chi connectivity index (χ2n) is 4.57. The van der Waals surface area contributed by atoms with Gasteiger partial charge in [-0.1, -0.05) is 27.7 Å². The Bertz CT molecular complexity index is 258. The molecule has 80 valence electrons. The lowest BCUT2D eigenvalue weighted by atomic mass is 9.89. The number of likely N-dealkylation sites (tertiary alicyclic amines) is 1. The van der Waals surface area contributed by atoms with Crippen LogP contribution in [0.3, 0.4) is 0 Å². The smallest absolute Gasteiger partial charge is 0.235 e. The van der Waals surface area contributed by atoms with Gasteiger partial charge in [0.05, 0.1) is 0 Å². The maximum Gasteiger partial charge on any atom is 0.235 e. The second-order valence-corrected chi connectivity index (χ2v) is 4.57. The van der Waals surface area contributed by atoms with E-state index in [1.165, 1.54) is 4.90 Å². The highest BCUT2D eigenvalue weighted by Gasteiger charge is 2.46. The summed E-state index contributed by atoms with van der Waals surface area (Å²) < 4.78 is 0. The van der Waals surface area contributed by atoms with Crippen LogP contribution in [0.15, 0.2) is 0 Å². The van der Waals surface area contributed by atoms with Crippen LogP contribution in [-0.4, -0.2) is 22.8 Å². The van der Waals surface area contributed by atoms with Crippen molar-refractivity contribution in [2.45, 2.75) is 53.0 Å². The number of imide groups is 1. The molecule has 1 heterocycles. The van der Waals surface area contributed by atoms with Gasteiger partial charge in [0.1, 0.15) is 0 Å². The lowest BCUT2D eigenvalue weighted by Crippen LogP contribution is -2.39. The van der Waals surface area contributed by atoms with Crippen molar-refractivity contribution in [3.63, 3.8) is 0 Å². The Morgan fingerprint density at radius 2 is 2.07 bits per heavy atom. The van der Waals surface area contributed by atoms with Gasteiger partial charge in [-0.05, 0) is 12.8 Å². The summed E-state index contributed by atoms with van der Waals surface area (Å²) in [5.41, 5.74) is -0.356. The first-order chi connectivity index (χ1) is 6.44. The molecule has 0 N–H and O–H groups in total. The normalized spacial score (nSPS) is 25.6. The van der Waals surface area contributed by atoms with E-state index in [1.54, 1.807) is 6.92 Å². The number of hydrogen-bond donors (Lipinski definition) is 0. The molecule has 1 fully saturated rings. The van der Waals surface area contributed by atoms with E-state index in [9.17, 15) is 9.59 Å². The molecule has 3 nitrogen and oxygen atoms in total. The van der Waals surface area contributed by atoms with Crippen molar-refractivity contribution >= 4 is 11.8 Å². The molecule has 14 heavy (non-hydrogen) atoms. The maximum absolute atomic E-state index is 11.9. The average molecular weight is 197 g/mol. The molecule has 0 aliphatic carbocycles. The Kier molecular flexibility index (Phi) is 2.98. The molecule has 1 saturated heterocycles. The summed E-state index contributed by atoms with van der Waals surface area (Å²) in [6.45, 7) is 7.66. The predicted molar refractivity (Wildman–Crippen MR) is 54.6 cm³/mol. The van der Waals surface area contributed by atoms with E-state index in [1.807, 2.05) is 20.8 Å². The lowest BCUT2D eigenvalue weighted by Gasteiger charge is -2.21. The van der Waals surface area contributed by atoms with Crippen molar-refractivity contribution in [3.05, 3.63) is 0 Å². The SMILES string of the molecule is CCC(=O)N1C(=O)C(C)(C)C[C@H]1CC. The highest BCUT2D eigenvalue weighted by atomic mass is 16.2. The summed E-state index contributed by atoms with van der Waals surface area (Å²) in [7, 11) is 0. The van der Waals surface area contributed by atoms with Crippen LogP contribution in [-0.2, 0) is 9.59 Å². The minimum Gasteiger partial charge on any atom is -0.279 e. The van der Waals surface area contributed by atoms with Gasteiger partial charge in [0.15, 0.2) is 0 Å². The van der Waals surface area contributed by atoms with E-state index < -0.39 is 0 Å². The fourth-order valence-corrected chi connectivity index (χ4v) is 2.07. The molecule has 0 unspecified atom stereocenters. The number of carbonyl (C=O) groups excluding carboxylic acids is 2. The highest BCUT2D eigenvalue weighted by molar-refractivity contribution is 5.99. The molecule has 0 radical (unpaired) electrons. The van der Waals surface area contributed by atoms with Gasteiger partial charge in [-0.2, -0.15) is 0 Å². The van der Waals surface area contributed by atoms with Gasteiger partial charge in [0.2, 0.25) is 11.8 Å². The Morgan fingerprint density at radius 1 is 1.50 bits per heavy atom. The zero-order valence-corrected chi connectivity index (χ0v) is 9.46. The fourth-order valence-electron chi connectivity index (χ4n) is 2.07. The van der Waals surface area contributed by atoms with Crippen LogP contribution in [0.5, 0.6) is 0 Å². The van der Waals surface area contributed by atoms with Crippen molar-refractivity contribution in [2.75, 3.05) is 0 Å². The number of rotatable bonds is 2. The van der Waals surface area contributed by atoms with Crippen molar-refractivity contribution in [1.82, 2.24) is 4.90 Å². The topological polar surface area (TPSA) is 37.4 Å². The van der Waals surface area contributed by atoms with Crippen LogP contribution in [0.4, 0.5) is 0 Å². The largest absolute Gasteiger partial charge is 0.279 e. The Morgan fingerprint density at radius 3 is 2.50 bits per heavy atom. The molecule has 1 aliphatic heterocycles.